The van der Waals surface area contributed by atoms with Gasteiger partial charge in [0.25, 0.3) is 10.0 Å². The zero-order chi connectivity index (χ0) is 21.8. The second kappa shape index (κ2) is 9.08. The number of likely N-dealkylation sites (tertiary alicyclic amines) is 1. The first-order valence-electron chi connectivity index (χ1n) is 10.3. The van der Waals surface area contributed by atoms with Crippen molar-refractivity contribution in [3.05, 3.63) is 90.2 Å². The van der Waals surface area contributed by atoms with E-state index in [1.807, 2.05) is 12.1 Å². The van der Waals surface area contributed by atoms with E-state index >= 15 is 0 Å². The molecule has 0 radical (unpaired) electrons. The minimum atomic E-state index is -3.80. The van der Waals surface area contributed by atoms with Crippen LogP contribution >= 0.6 is 0 Å². The third kappa shape index (κ3) is 4.73. The number of piperidine rings is 1. The second-order valence-corrected chi connectivity index (χ2v) is 9.54. The van der Waals surface area contributed by atoms with Crippen LogP contribution in [0.4, 0.5) is 10.1 Å². The summed E-state index contributed by atoms with van der Waals surface area (Å²) >= 11 is 0. The molecule has 1 aliphatic heterocycles. The minimum absolute atomic E-state index is 0.218. The van der Waals surface area contributed by atoms with Crippen LogP contribution in [0.15, 0.2) is 83.8 Å². The summed E-state index contributed by atoms with van der Waals surface area (Å²) in [5, 5.41) is 10.0. The van der Waals surface area contributed by atoms with Crippen LogP contribution in [0, 0.1) is 5.82 Å². The smallest absolute Gasteiger partial charge is 0.264 e. The molecular weight excluding hydrogens is 415 g/mol. The highest BCUT2D eigenvalue weighted by molar-refractivity contribution is 7.92. The molecule has 0 spiro atoms. The number of phenols is 1. The number of sulfonamides is 1. The quantitative estimate of drug-likeness (QED) is 0.618. The average Bonchev–Trinajstić information content (AvgIpc) is 2.78. The Morgan fingerprint density at radius 2 is 1.52 bits per heavy atom. The average molecular weight is 441 g/mol. The molecule has 5 nitrogen and oxygen atoms in total. The van der Waals surface area contributed by atoms with Crippen LogP contribution in [0.2, 0.25) is 0 Å². The molecule has 162 valence electrons. The van der Waals surface area contributed by atoms with Gasteiger partial charge >= 0.3 is 0 Å². The van der Waals surface area contributed by atoms with Crippen molar-refractivity contribution in [1.29, 1.82) is 0 Å². The summed E-state index contributed by atoms with van der Waals surface area (Å²) in [6.45, 7) is 2.00. The minimum Gasteiger partial charge on any atom is -0.508 e. The van der Waals surface area contributed by atoms with Gasteiger partial charge < -0.3 is 5.11 Å². The van der Waals surface area contributed by atoms with Gasteiger partial charge in [0.2, 0.25) is 0 Å². The van der Waals surface area contributed by atoms with Crippen LogP contribution in [0.3, 0.4) is 0 Å². The monoisotopic (exact) mass is 440 g/mol. The lowest BCUT2D eigenvalue weighted by Gasteiger charge is -2.39. The lowest BCUT2D eigenvalue weighted by atomic mass is 10.0. The Kier molecular flexibility index (Phi) is 6.25. The maximum absolute atomic E-state index is 13.5. The van der Waals surface area contributed by atoms with E-state index in [0.29, 0.717) is 38.2 Å². The Morgan fingerprint density at radius 3 is 2.16 bits per heavy atom. The van der Waals surface area contributed by atoms with Crippen molar-refractivity contribution in [2.75, 3.05) is 17.4 Å². The Balaban J connectivity index is 1.57. The van der Waals surface area contributed by atoms with Crippen LogP contribution < -0.4 is 4.31 Å². The third-order valence-electron chi connectivity index (χ3n) is 5.66. The van der Waals surface area contributed by atoms with Gasteiger partial charge in [0, 0.05) is 31.2 Å². The molecule has 1 heterocycles. The van der Waals surface area contributed by atoms with Crippen LogP contribution in [0.1, 0.15) is 18.4 Å². The van der Waals surface area contributed by atoms with Crippen molar-refractivity contribution in [1.82, 2.24) is 4.90 Å². The van der Waals surface area contributed by atoms with Crippen LogP contribution in [0.25, 0.3) is 0 Å². The molecule has 0 bridgehead atoms. The summed E-state index contributed by atoms with van der Waals surface area (Å²) in [6, 6.07) is 21.0. The number of hydrogen-bond acceptors (Lipinski definition) is 4. The maximum atomic E-state index is 13.5. The number of para-hydroxylation sites is 1. The van der Waals surface area contributed by atoms with Crippen LogP contribution in [-0.2, 0) is 16.6 Å². The first-order valence-corrected chi connectivity index (χ1v) is 11.7. The Bertz CT molecular complexity index is 1110. The van der Waals surface area contributed by atoms with Gasteiger partial charge in [0.15, 0.2) is 0 Å². The highest BCUT2D eigenvalue weighted by atomic mass is 32.2. The molecule has 0 saturated carbocycles. The van der Waals surface area contributed by atoms with Gasteiger partial charge in [-0.2, -0.15) is 0 Å². The number of hydrogen-bond donors (Lipinski definition) is 1. The SMILES string of the molecule is O=S(=O)(c1ccccc1)N(c1ccc(F)cc1)C1CCN(Cc2ccccc2O)CC1. The summed E-state index contributed by atoms with van der Waals surface area (Å²) in [5.41, 5.74) is 1.32. The van der Waals surface area contributed by atoms with Crippen LogP contribution in [-0.4, -0.2) is 37.6 Å². The van der Waals surface area contributed by atoms with Gasteiger partial charge in [0.1, 0.15) is 11.6 Å². The van der Waals surface area contributed by atoms with Gasteiger partial charge in [-0.05, 0) is 55.3 Å². The van der Waals surface area contributed by atoms with E-state index in [4.69, 9.17) is 0 Å². The maximum Gasteiger partial charge on any atom is 0.264 e. The van der Waals surface area contributed by atoms with Gasteiger partial charge in [-0.1, -0.05) is 36.4 Å². The summed E-state index contributed by atoms with van der Waals surface area (Å²) in [5.74, 6) is -0.137. The Labute approximate surface area is 182 Å². The molecule has 0 amide bonds. The number of halogens is 1. The summed E-state index contributed by atoms with van der Waals surface area (Å²) in [7, 11) is -3.80. The van der Waals surface area contributed by atoms with Crippen molar-refractivity contribution >= 4 is 15.7 Å². The molecule has 31 heavy (non-hydrogen) atoms. The summed E-state index contributed by atoms with van der Waals surface area (Å²) < 4.78 is 42.0. The predicted octanol–water partition coefficient (Wildman–Crippen LogP) is 4.39. The van der Waals surface area contributed by atoms with Crippen molar-refractivity contribution in [3.63, 3.8) is 0 Å². The number of nitrogens with zero attached hydrogens (tertiary/aromatic N) is 2. The molecule has 0 unspecified atom stereocenters. The largest absolute Gasteiger partial charge is 0.508 e. The van der Waals surface area contributed by atoms with Gasteiger partial charge in [-0.3, -0.25) is 9.21 Å². The van der Waals surface area contributed by atoms with Gasteiger partial charge in [-0.15, -0.1) is 0 Å². The van der Waals surface area contributed by atoms with E-state index in [1.54, 1.807) is 42.5 Å². The zero-order valence-corrected chi connectivity index (χ0v) is 17.9. The van der Waals surface area contributed by atoms with E-state index in [1.165, 1.54) is 28.6 Å². The van der Waals surface area contributed by atoms with E-state index in [2.05, 4.69) is 4.90 Å². The summed E-state index contributed by atoms with van der Waals surface area (Å²) in [4.78, 5) is 2.43. The molecule has 0 aliphatic carbocycles. The van der Waals surface area contributed by atoms with Crippen molar-refractivity contribution in [2.45, 2.75) is 30.3 Å². The number of aromatic hydroxyl groups is 1. The number of phenolic OH excluding ortho intramolecular Hbond substituents is 1. The molecule has 1 saturated heterocycles. The van der Waals surface area contributed by atoms with Gasteiger partial charge in [0.05, 0.1) is 10.6 Å². The first-order chi connectivity index (χ1) is 14.9. The fraction of sp³-hybridized carbons (Fsp3) is 0.250. The highest BCUT2D eigenvalue weighted by Crippen LogP contribution is 2.31. The number of rotatable bonds is 6. The topological polar surface area (TPSA) is 60.9 Å². The van der Waals surface area contributed by atoms with Crippen molar-refractivity contribution < 1.29 is 17.9 Å². The predicted molar refractivity (Wildman–Crippen MR) is 119 cm³/mol. The van der Waals surface area contributed by atoms with E-state index in [-0.39, 0.29) is 16.7 Å². The molecule has 3 aromatic carbocycles. The standard InChI is InChI=1S/C24H25FN2O3S/c25-20-10-12-21(13-11-20)27(31(29,30)23-7-2-1-3-8-23)22-14-16-26(17-15-22)18-19-6-4-5-9-24(19)28/h1-13,22,28H,14-18H2. The molecule has 1 N–H and O–H groups in total. The summed E-state index contributed by atoms with van der Waals surface area (Å²) in [6.07, 6.45) is 1.27. The Hall–Kier alpha value is -2.90. The fourth-order valence-corrected chi connectivity index (χ4v) is 5.77. The molecule has 3 aromatic rings. The first kappa shape index (κ1) is 21.3. The molecule has 1 aliphatic rings. The lowest BCUT2D eigenvalue weighted by Crippen LogP contribution is -2.47. The highest BCUT2D eigenvalue weighted by Gasteiger charge is 2.34. The second-order valence-electron chi connectivity index (χ2n) is 7.73. The zero-order valence-electron chi connectivity index (χ0n) is 17.1. The normalized spacial score (nSPS) is 15.6. The van der Waals surface area contributed by atoms with Crippen LogP contribution in [0.5, 0.6) is 5.75 Å². The van der Waals surface area contributed by atoms with Crippen molar-refractivity contribution in [3.8, 4) is 5.75 Å². The lowest BCUT2D eigenvalue weighted by molar-refractivity contribution is 0.204. The van der Waals surface area contributed by atoms with Gasteiger partial charge in [-0.25, -0.2) is 12.8 Å². The molecule has 0 atom stereocenters. The molecule has 7 heteroatoms. The number of benzene rings is 3. The third-order valence-corrected chi connectivity index (χ3v) is 7.55. The molecule has 0 aromatic heterocycles. The molecular formula is C24H25FN2O3S. The van der Waals surface area contributed by atoms with E-state index in [9.17, 15) is 17.9 Å². The van der Waals surface area contributed by atoms with Crippen molar-refractivity contribution in [2.24, 2.45) is 0 Å². The fourth-order valence-electron chi connectivity index (χ4n) is 4.04. The molecule has 1 fully saturated rings. The van der Waals surface area contributed by atoms with E-state index in [0.717, 1.165) is 5.56 Å². The van der Waals surface area contributed by atoms with E-state index < -0.39 is 15.8 Å². The Morgan fingerprint density at radius 1 is 0.903 bits per heavy atom. The molecule has 4 rings (SSSR count). The number of anilines is 1.